The monoisotopic (exact) mass is 446 g/mol. The molecule has 0 spiro atoms. The van der Waals surface area contributed by atoms with E-state index in [2.05, 4.69) is 34.2 Å². The number of carbonyl (C=O) groups is 1. The van der Waals surface area contributed by atoms with Crippen molar-refractivity contribution in [2.24, 2.45) is 24.8 Å². The van der Waals surface area contributed by atoms with Gasteiger partial charge in [0, 0.05) is 30.4 Å². The van der Waals surface area contributed by atoms with Crippen molar-refractivity contribution in [1.82, 2.24) is 25.1 Å². The number of carbonyl (C=O) groups excluding carboxylic acids is 1. The maximum atomic E-state index is 13.2. The van der Waals surface area contributed by atoms with Crippen LogP contribution in [-0.2, 0) is 7.05 Å². The number of aromatic nitrogens is 4. The van der Waals surface area contributed by atoms with Crippen LogP contribution in [0.4, 0.5) is 5.82 Å². The van der Waals surface area contributed by atoms with Gasteiger partial charge in [-0.1, -0.05) is 32.0 Å². The van der Waals surface area contributed by atoms with Crippen molar-refractivity contribution in [2.45, 2.75) is 44.8 Å². The van der Waals surface area contributed by atoms with Crippen LogP contribution in [-0.4, -0.2) is 42.4 Å². The van der Waals surface area contributed by atoms with Gasteiger partial charge in [-0.3, -0.25) is 9.48 Å². The van der Waals surface area contributed by atoms with Gasteiger partial charge in [-0.05, 0) is 48.6 Å². The summed E-state index contributed by atoms with van der Waals surface area (Å²) in [7, 11) is 1.88. The highest BCUT2D eigenvalue weighted by Crippen LogP contribution is 2.51. The lowest BCUT2D eigenvalue weighted by atomic mass is 9.69. The van der Waals surface area contributed by atoms with Crippen LogP contribution < -0.4 is 11.1 Å². The number of fused-ring (bicyclic) bond motifs is 2. The van der Waals surface area contributed by atoms with Crippen molar-refractivity contribution in [3.8, 4) is 22.4 Å². The van der Waals surface area contributed by atoms with Gasteiger partial charge in [0.2, 0.25) is 0 Å². The average molecular weight is 447 g/mol. The number of amides is 1. The quantitative estimate of drug-likeness (QED) is 0.567. The van der Waals surface area contributed by atoms with Crippen LogP contribution >= 0.6 is 0 Å². The minimum absolute atomic E-state index is 0.0194. The smallest absolute Gasteiger partial charge is 0.273 e. The van der Waals surface area contributed by atoms with E-state index in [-0.39, 0.29) is 41.2 Å². The summed E-state index contributed by atoms with van der Waals surface area (Å²) in [4.78, 5) is 22.1. The fraction of sp³-hybridized carbons (Fsp3) is 0.440. The molecule has 1 aromatic carbocycles. The zero-order chi connectivity index (χ0) is 23.3. The molecule has 5 rings (SSSR count). The molecule has 3 aromatic rings. The molecule has 2 fully saturated rings. The fourth-order valence-corrected chi connectivity index (χ4v) is 5.78. The van der Waals surface area contributed by atoms with Crippen LogP contribution in [0.5, 0.6) is 0 Å². The molecule has 2 aliphatic carbocycles. The highest BCUT2D eigenvalue weighted by molar-refractivity contribution is 5.97. The van der Waals surface area contributed by atoms with Crippen LogP contribution in [0.3, 0.4) is 0 Å². The lowest BCUT2D eigenvalue weighted by Crippen LogP contribution is -2.53. The lowest BCUT2D eigenvalue weighted by Gasteiger charge is -2.44. The zero-order valence-electron chi connectivity index (χ0n) is 19.2. The van der Waals surface area contributed by atoms with Gasteiger partial charge < -0.3 is 16.2 Å². The Kier molecular flexibility index (Phi) is 5.20. The van der Waals surface area contributed by atoms with Crippen LogP contribution in [0.2, 0.25) is 0 Å². The van der Waals surface area contributed by atoms with Gasteiger partial charge in [0.15, 0.2) is 11.5 Å². The molecule has 0 aliphatic heterocycles. The molecule has 2 aromatic heterocycles. The largest absolute Gasteiger partial charge is 0.390 e. The van der Waals surface area contributed by atoms with E-state index in [1.54, 1.807) is 10.9 Å². The van der Waals surface area contributed by atoms with Crippen molar-refractivity contribution in [1.29, 1.82) is 0 Å². The molecule has 2 saturated carbocycles. The average Bonchev–Trinajstić information content (AvgIpc) is 3.31. The molecular formula is C25H30N6O2. The van der Waals surface area contributed by atoms with Crippen LogP contribution in [0.1, 0.15) is 43.6 Å². The number of nitrogen functional groups attached to an aromatic ring is 1. The maximum absolute atomic E-state index is 13.2. The molecule has 8 nitrogen and oxygen atoms in total. The minimum Gasteiger partial charge on any atom is -0.390 e. The maximum Gasteiger partial charge on any atom is 0.273 e. The van der Waals surface area contributed by atoms with Crippen LogP contribution in [0.25, 0.3) is 22.4 Å². The Morgan fingerprint density at radius 2 is 2.03 bits per heavy atom. The summed E-state index contributed by atoms with van der Waals surface area (Å²) in [5, 5.41) is 18.3. The van der Waals surface area contributed by atoms with Gasteiger partial charge >= 0.3 is 0 Å². The predicted octanol–water partition coefficient (Wildman–Crippen LogP) is 3.04. The van der Waals surface area contributed by atoms with Crippen molar-refractivity contribution >= 4 is 11.7 Å². The number of hydrogen-bond acceptors (Lipinski definition) is 6. The van der Waals surface area contributed by atoms with Gasteiger partial charge in [-0.15, -0.1) is 0 Å². The van der Waals surface area contributed by atoms with Crippen molar-refractivity contribution in [3.63, 3.8) is 0 Å². The zero-order valence-corrected chi connectivity index (χ0v) is 19.2. The number of benzene rings is 1. The standard InChI is InChI=1S/C25H30N6O2/c1-14-10-25(33)8-7-19(15(25)2)21(14)30-24(32)22-23(26)27-12-20(29-22)17-6-4-5-16(9-17)18-11-28-31(3)13-18/h4-6,9,11-15,19,21,33H,7-8,10H2,1-3H3,(H2,26,27)(H,30,32)/t14?,15?,19?,21-,25-/m1/s1. The number of nitrogens with zero attached hydrogens (tertiary/aromatic N) is 4. The number of anilines is 1. The first kappa shape index (κ1) is 21.6. The molecule has 2 bridgehead atoms. The summed E-state index contributed by atoms with van der Waals surface area (Å²) in [6.45, 7) is 4.18. The number of nitrogens with one attached hydrogen (secondary N) is 1. The Labute approximate surface area is 193 Å². The molecule has 172 valence electrons. The fourth-order valence-electron chi connectivity index (χ4n) is 5.78. The highest BCUT2D eigenvalue weighted by Gasteiger charge is 2.54. The summed E-state index contributed by atoms with van der Waals surface area (Å²) >= 11 is 0. The number of aliphatic hydroxyl groups is 1. The van der Waals surface area contributed by atoms with Gasteiger partial charge in [-0.25, -0.2) is 9.97 Å². The number of aryl methyl sites for hydroxylation is 1. The van der Waals surface area contributed by atoms with Crippen molar-refractivity contribution < 1.29 is 9.90 Å². The highest BCUT2D eigenvalue weighted by atomic mass is 16.3. The summed E-state index contributed by atoms with van der Waals surface area (Å²) in [6.07, 6.45) is 7.75. The Bertz CT molecular complexity index is 1210. The lowest BCUT2D eigenvalue weighted by molar-refractivity contribution is -0.0538. The number of nitrogens with two attached hydrogens (primary N) is 1. The molecule has 0 saturated heterocycles. The topological polar surface area (TPSA) is 119 Å². The van der Waals surface area contributed by atoms with Crippen LogP contribution in [0, 0.1) is 17.8 Å². The molecule has 2 heterocycles. The van der Waals surface area contributed by atoms with Crippen LogP contribution in [0.15, 0.2) is 42.9 Å². The number of rotatable bonds is 4. The second kappa shape index (κ2) is 7.95. The minimum atomic E-state index is -0.608. The van der Waals surface area contributed by atoms with E-state index >= 15 is 0 Å². The van der Waals surface area contributed by atoms with E-state index in [0.29, 0.717) is 12.1 Å². The molecular weight excluding hydrogens is 416 g/mol. The third-order valence-electron chi connectivity index (χ3n) is 7.66. The van der Waals surface area contributed by atoms with E-state index in [1.165, 1.54) is 0 Å². The summed E-state index contributed by atoms with van der Waals surface area (Å²) < 4.78 is 1.76. The Hall–Kier alpha value is -3.26. The third-order valence-corrected chi connectivity index (χ3v) is 7.66. The first-order valence-electron chi connectivity index (χ1n) is 11.5. The molecule has 5 atom stereocenters. The molecule has 4 N–H and O–H groups in total. The molecule has 2 aliphatic rings. The SMILES string of the molecule is CC1C[C@]2(O)CCC(C2C)[C@@H]1NC(=O)c1nc(-c2cccc(-c3cnn(C)c3)c2)cnc1N. The molecule has 3 unspecified atom stereocenters. The van der Waals surface area contributed by atoms with Crippen molar-refractivity contribution in [2.75, 3.05) is 5.73 Å². The Morgan fingerprint density at radius 3 is 2.79 bits per heavy atom. The first-order valence-corrected chi connectivity index (χ1v) is 11.5. The van der Waals surface area contributed by atoms with Gasteiger partial charge in [0.25, 0.3) is 5.91 Å². The Balaban J connectivity index is 1.41. The first-order chi connectivity index (χ1) is 15.7. The van der Waals surface area contributed by atoms with Gasteiger partial charge in [-0.2, -0.15) is 5.10 Å². The van der Waals surface area contributed by atoms with E-state index in [1.807, 2.05) is 43.7 Å². The second-order valence-electron chi connectivity index (χ2n) is 9.75. The van der Waals surface area contributed by atoms with E-state index in [9.17, 15) is 9.90 Å². The number of hydrogen-bond donors (Lipinski definition) is 3. The van der Waals surface area contributed by atoms with Gasteiger partial charge in [0.1, 0.15) is 0 Å². The summed E-state index contributed by atoms with van der Waals surface area (Å²) in [5.74, 6) is 0.377. The van der Waals surface area contributed by atoms with E-state index < -0.39 is 5.60 Å². The predicted molar refractivity (Wildman–Crippen MR) is 126 cm³/mol. The third kappa shape index (κ3) is 3.78. The normalized spacial score (nSPS) is 28.6. The van der Waals surface area contributed by atoms with E-state index in [4.69, 9.17) is 5.73 Å². The second-order valence-corrected chi connectivity index (χ2v) is 9.75. The Morgan fingerprint density at radius 1 is 1.24 bits per heavy atom. The van der Waals surface area contributed by atoms with Crippen molar-refractivity contribution in [3.05, 3.63) is 48.5 Å². The molecule has 1 amide bonds. The van der Waals surface area contributed by atoms with E-state index in [0.717, 1.165) is 29.5 Å². The summed E-state index contributed by atoms with van der Waals surface area (Å²) in [5.41, 5.74) is 9.03. The molecule has 33 heavy (non-hydrogen) atoms. The summed E-state index contributed by atoms with van der Waals surface area (Å²) in [6, 6.07) is 7.87. The van der Waals surface area contributed by atoms with Gasteiger partial charge in [0.05, 0.1) is 23.7 Å². The molecule has 8 heteroatoms. The molecule has 0 radical (unpaired) electrons.